The van der Waals surface area contributed by atoms with E-state index in [1.807, 2.05) is 12.1 Å². The van der Waals surface area contributed by atoms with E-state index in [1.54, 1.807) is 6.07 Å². The van der Waals surface area contributed by atoms with Gasteiger partial charge in [-0.05, 0) is 31.0 Å². The van der Waals surface area contributed by atoms with Crippen LogP contribution in [0.25, 0.3) is 0 Å². The molecule has 0 fully saturated rings. The molecular formula is C20H29NO3. The van der Waals surface area contributed by atoms with Crippen molar-refractivity contribution in [2.45, 2.75) is 65.2 Å². The average Bonchev–Trinajstić information content (AvgIpc) is 2.87. The van der Waals surface area contributed by atoms with Gasteiger partial charge >= 0.3 is 11.9 Å². The second kappa shape index (κ2) is 9.45. The smallest absolute Gasteiger partial charge is 0.346 e. The average molecular weight is 331 g/mol. The van der Waals surface area contributed by atoms with Gasteiger partial charge in [-0.25, -0.2) is 9.59 Å². The number of benzene rings is 1. The number of fused-ring (bicyclic) bond motifs is 1. The third kappa shape index (κ3) is 4.83. The number of cyclic esters (lactones) is 2. The topological polar surface area (TPSA) is 46.6 Å². The minimum Gasteiger partial charge on any atom is -0.386 e. The first-order chi connectivity index (χ1) is 11.7. The molecule has 24 heavy (non-hydrogen) atoms. The van der Waals surface area contributed by atoms with Crippen LogP contribution in [-0.4, -0.2) is 25.0 Å². The molecule has 2 rings (SSSR count). The molecular weight excluding hydrogens is 302 g/mol. The largest absolute Gasteiger partial charge is 0.386 e. The van der Waals surface area contributed by atoms with Gasteiger partial charge in [0.15, 0.2) is 0 Å². The highest BCUT2D eigenvalue weighted by Crippen LogP contribution is 2.26. The Labute approximate surface area is 145 Å². The summed E-state index contributed by atoms with van der Waals surface area (Å²) in [6, 6.07) is 5.49. The van der Waals surface area contributed by atoms with Crippen molar-refractivity contribution in [3.8, 4) is 0 Å². The van der Waals surface area contributed by atoms with Gasteiger partial charge in [-0.15, -0.1) is 0 Å². The van der Waals surface area contributed by atoms with Crippen LogP contribution in [0.2, 0.25) is 0 Å². The SMILES string of the molecule is CCCCCCN(CCCCCC)c1ccc2c(c1)C(=O)OC2=O. The molecule has 132 valence electrons. The molecule has 0 unspecified atom stereocenters. The van der Waals surface area contributed by atoms with Crippen molar-refractivity contribution < 1.29 is 14.3 Å². The molecule has 0 N–H and O–H groups in total. The molecule has 0 aliphatic carbocycles. The predicted molar refractivity (Wildman–Crippen MR) is 96.7 cm³/mol. The van der Waals surface area contributed by atoms with Crippen LogP contribution in [0, 0.1) is 0 Å². The number of carbonyl (C=O) groups is 2. The minimum absolute atomic E-state index is 0.390. The zero-order valence-corrected chi connectivity index (χ0v) is 15.0. The molecule has 0 atom stereocenters. The normalized spacial score (nSPS) is 13.1. The third-order valence-corrected chi connectivity index (χ3v) is 4.56. The van der Waals surface area contributed by atoms with Gasteiger partial charge in [-0.2, -0.15) is 0 Å². The van der Waals surface area contributed by atoms with E-state index in [9.17, 15) is 9.59 Å². The fraction of sp³-hybridized carbons (Fsp3) is 0.600. The van der Waals surface area contributed by atoms with Crippen molar-refractivity contribution in [3.05, 3.63) is 29.3 Å². The number of esters is 2. The molecule has 0 spiro atoms. The molecule has 0 bridgehead atoms. The zero-order valence-electron chi connectivity index (χ0n) is 15.0. The maximum absolute atomic E-state index is 11.8. The van der Waals surface area contributed by atoms with Gasteiger partial charge < -0.3 is 9.64 Å². The molecule has 0 aromatic heterocycles. The summed E-state index contributed by atoms with van der Waals surface area (Å²) in [7, 11) is 0. The summed E-state index contributed by atoms with van der Waals surface area (Å²) in [6.07, 6.45) is 9.74. The highest BCUT2D eigenvalue weighted by Gasteiger charge is 2.30. The molecule has 0 saturated carbocycles. The van der Waals surface area contributed by atoms with E-state index in [4.69, 9.17) is 4.74 Å². The first-order valence-corrected chi connectivity index (χ1v) is 9.32. The highest BCUT2D eigenvalue weighted by atomic mass is 16.6. The molecule has 1 heterocycles. The lowest BCUT2D eigenvalue weighted by molar-refractivity contribution is 0.0444. The first kappa shape index (κ1) is 18.5. The number of hydrogen-bond acceptors (Lipinski definition) is 4. The lowest BCUT2D eigenvalue weighted by atomic mass is 10.1. The Balaban J connectivity index is 2.06. The van der Waals surface area contributed by atoms with Gasteiger partial charge in [0.2, 0.25) is 0 Å². The van der Waals surface area contributed by atoms with E-state index in [-0.39, 0.29) is 0 Å². The third-order valence-electron chi connectivity index (χ3n) is 4.56. The Hall–Kier alpha value is -1.84. The number of ether oxygens (including phenoxy) is 1. The number of hydrogen-bond donors (Lipinski definition) is 0. The molecule has 1 aromatic rings. The summed E-state index contributed by atoms with van der Waals surface area (Å²) >= 11 is 0. The summed E-state index contributed by atoms with van der Waals surface area (Å²) in [5, 5.41) is 0. The summed E-state index contributed by atoms with van der Waals surface area (Å²) in [5.74, 6) is -1.05. The molecule has 0 radical (unpaired) electrons. The Kier molecular flexibility index (Phi) is 7.29. The Morgan fingerprint density at radius 2 is 1.38 bits per heavy atom. The van der Waals surface area contributed by atoms with E-state index in [0.29, 0.717) is 11.1 Å². The monoisotopic (exact) mass is 331 g/mol. The Morgan fingerprint density at radius 3 is 1.96 bits per heavy atom. The zero-order chi connectivity index (χ0) is 17.4. The summed E-state index contributed by atoms with van der Waals surface area (Å²) in [6.45, 7) is 6.42. The number of anilines is 1. The van der Waals surface area contributed by atoms with Crippen LogP contribution in [0.4, 0.5) is 5.69 Å². The summed E-state index contributed by atoms with van der Waals surface area (Å²) in [5.41, 5.74) is 1.82. The van der Waals surface area contributed by atoms with Crippen LogP contribution in [0.1, 0.15) is 85.9 Å². The molecule has 1 aliphatic rings. The van der Waals surface area contributed by atoms with Crippen LogP contribution in [-0.2, 0) is 4.74 Å². The molecule has 4 nitrogen and oxygen atoms in total. The fourth-order valence-corrected chi connectivity index (χ4v) is 3.10. The molecule has 1 aliphatic heterocycles. The fourth-order valence-electron chi connectivity index (χ4n) is 3.10. The highest BCUT2D eigenvalue weighted by molar-refractivity contribution is 6.15. The number of unbranched alkanes of at least 4 members (excludes halogenated alkanes) is 6. The van der Waals surface area contributed by atoms with Crippen molar-refractivity contribution in [2.24, 2.45) is 0 Å². The van der Waals surface area contributed by atoms with Crippen molar-refractivity contribution in [3.63, 3.8) is 0 Å². The molecule has 4 heteroatoms. The van der Waals surface area contributed by atoms with Crippen molar-refractivity contribution in [2.75, 3.05) is 18.0 Å². The van der Waals surface area contributed by atoms with Crippen LogP contribution < -0.4 is 4.90 Å². The van der Waals surface area contributed by atoms with Crippen LogP contribution >= 0.6 is 0 Å². The van der Waals surface area contributed by atoms with Crippen molar-refractivity contribution in [1.29, 1.82) is 0 Å². The van der Waals surface area contributed by atoms with E-state index in [2.05, 4.69) is 18.7 Å². The van der Waals surface area contributed by atoms with Gasteiger partial charge in [0, 0.05) is 18.8 Å². The predicted octanol–water partition coefficient (Wildman–Crippen LogP) is 4.96. The van der Waals surface area contributed by atoms with Crippen LogP contribution in [0.3, 0.4) is 0 Å². The van der Waals surface area contributed by atoms with Crippen LogP contribution in [0.15, 0.2) is 18.2 Å². The second-order valence-corrected chi connectivity index (χ2v) is 6.52. The van der Waals surface area contributed by atoms with Crippen LogP contribution in [0.5, 0.6) is 0 Å². The molecule has 0 amide bonds. The van der Waals surface area contributed by atoms with E-state index < -0.39 is 11.9 Å². The Bertz CT molecular complexity index is 556. The van der Waals surface area contributed by atoms with Crippen molar-refractivity contribution in [1.82, 2.24) is 0 Å². The molecule has 1 aromatic carbocycles. The summed E-state index contributed by atoms with van der Waals surface area (Å²) < 4.78 is 4.70. The number of nitrogens with zero attached hydrogens (tertiary/aromatic N) is 1. The lowest BCUT2D eigenvalue weighted by Crippen LogP contribution is -2.26. The van der Waals surface area contributed by atoms with Crippen molar-refractivity contribution >= 4 is 17.6 Å². The number of carbonyl (C=O) groups excluding carboxylic acids is 2. The van der Waals surface area contributed by atoms with E-state index >= 15 is 0 Å². The van der Waals surface area contributed by atoms with E-state index in [1.165, 1.54) is 38.5 Å². The van der Waals surface area contributed by atoms with E-state index in [0.717, 1.165) is 31.6 Å². The lowest BCUT2D eigenvalue weighted by Gasteiger charge is -2.25. The quantitative estimate of drug-likeness (QED) is 0.326. The number of rotatable bonds is 11. The van der Waals surface area contributed by atoms with Gasteiger partial charge in [-0.3, -0.25) is 0 Å². The minimum atomic E-state index is -0.529. The van der Waals surface area contributed by atoms with Gasteiger partial charge in [0.1, 0.15) is 0 Å². The van der Waals surface area contributed by atoms with Gasteiger partial charge in [0.05, 0.1) is 11.1 Å². The van der Waals surface area contributed by atoms with Gasteiger partial charge in [-0.1, -0.05) is 52.4 Å². The van der Waals surface area contributed by atoms with Gasteiger partial charge in [0.25, 0.3) is 0 Å². The summed E-state index contributed by atoms with van der Waals surface area (Å²) in [4.78, 5) is 25.7. The maximum atomic E-state index is 11.8. The molecule has 0 saturated heterocycles. The second-order valence-electron chi connectivity index (χ2n) is 6.52. The Morgan fingerprint density at radius 1 is 0.792 bits per heavy atom. The maximum Gasteiger partial charge on any atom is 0.346 e. The standard InChI is InChI=1S/C20H29NO3/c1-3-5-7-9-13-21(14-10-8-6-4-2)16-11-12-17-18(15-16)20(23)24-19(17)22/h11-12,15H,3-10,13-14H2,1-2H3. The first-order valence-electron chi connectivity index (χ1n) is 9.32.